The zero-order valence-corrected chi connectivity index (χ0v) is 9.45. The first-order chi connectivity index (χ1) is 8.83. The molecule has 1 rings (SSSR count). The molecule has 0 radical (unpaired) electrons. The van der Waals surface area contributed by atoms with Gasteiger partial charge in [0.1, 0.15) is 6.61 Å². The standard InChI is InChI=1S/C10H10F4N2O3/c11-7-3-6(9(15)16-17)1-2-8(7)19-5-18-4-10(12,13)14/h1-3,17H,4-5H2,(H2,15,16). The SMILES string of the molecule is N/C(=N/O)c1ccc(OCOCC(F)(F)F)c(F)c1. The summed E-state index contributed by atoms with van der Waals surface area (Å²) in [6.45, 7) is -2.24. The highest BCUT2D eigenvalue weighted by Crippen LogP contribution is 2.19. The highest BCUT2D eigenvalue weighted by molar-refractivity contribution is 5.97. The third-order valence-corrected chi connectivity index (χ3v) is 1.90. The smallest absolute Gasteiger partial charge is 0.411 e. The van der Waals surface area contributed by atoms with Crippen LogP contribution in [0.15, 0.2) is 23.4 Å². The van der Waals surface area contributed by atoms with Gasteiger partial charge in [0, 0.05) is 5.56 Å². The van der Waals surface area contributed by atoms with Crippen LogP contribution in [0.1, 0.15) is 5.56 Å². The number of halogens is 4. The molecule has 1 aromatic carbocycles. The fourth-order valence-corrected chi connectivity index (χ4v) is 1.10. The van der Waals surface area contributed by atoms with Crippen LogP contribution in [0.2, 0.25) is 0 Å². The Balaban J connectivity index is 2.56. The normalized spacial score (nSPS) is 12.5. The zero-order chi connectivity index (χ0) is 14.5. The third-order valence-electron chi connectivity index (χ3n) is 1.90. The van der Waals surface area contributed by atoms with Crippen molar-refractivity contribution in [1.29, 1.82) is 0 Å². The second-order valence-corrected chi connectivity index (χ2v) is 3.36. The van der Waals surface area contributed by atoms with E-state index in [0.717, 1.165) is 12.1 Å². The minimum atomic E-state index is -4.47. The maximum Gasteiger partial charge on any atom is 0.411 e. The third kappa shape index (κ3) is 5.00. The van der Waals surface area contributed by atoms with Gasteiger partial charge in [0.2, 0.25) is 0 Å². The topological polar surface area (TPSA) is 77.1 Å². The minimum absolute atomic E-state index is 0.101. The molecule has 106 valence electrons. The van der Waals surface area contributed by atoms with Gasteiger partial charge in [-0.2, -0.15) is 13.2 Å². The molecule has 0 aromatic heterocycles. The van der Waals surface area contributed by atoms with Crippen molar-refractivity contribution in [2.45, 2.75) is 6.18 Å². The largest absolute Gasteiger partial charge is 0.464 e. The van der Waals surface area contributed by atoms with E-state index >= 15 is 0 Å². The summed E-state index contributed by atoms with van der Waals surface area (Å²) in [7, 11) is 0. The molecule has 3 N–H and O–H groups in total. The van der Waals surface area contributed by atoms with E-state index in [1.807, 2.05) is 0 Å². The maximum absolute atomic E-state index is 13.4. The van der Waals surface area contributed by atoms with E-state index in [9.17, 15) is 17.6 Å². The minimum Gasteiger partial charge on any atom is -0.464 e. The molecule has 0 aliphatic heterocycles. The summed E-state index contributed by atoms with van der Waals surface area (Å²) < 4.78 is 57.4. The van der Waals surface area contributed by atoms with E-state index in [1.54, 1.807) is 0 Å². The summed E-state index contributed by atoms with van der Waals surface area (Å²) in [4.78, 5) is 0. The van der Waals surface area contributed by atoms with E-state index in [1.165, 1.54) is 6.07 Å². The summed E-state index contributed by atoms with van der Waals surface area (Å²) in [5.41, 5.74) is 5.33. The Morgan fingerprint density at radius 3 is 2.58 bits per heavy atom. The summed E-state index contributed by atoms with van der Waals surface area (Å²) in [6, 6.07) is 3.31. The Hall–Kier alpha value is -2.03. The number of benzene rings is 1. The monoisotopic (exact) mass is 282 g/mol. The fraction of sp³-hybridized carbons (Fsp3) is 0.300. The van der Waals surface area contributed by atoms with E-state index in [4.69, 9.17) is 10.9 Å². The van der Waals surface area contributed by atoms with Gasteiger partial charge in [-0.05, 0) is 18.2 Å². The number of nitrogens with zero attached hydrogens (tertiary/aromatic N) is 1. The number of ether oxygens (including phenoxy) is 2. The van der Waals surface area contributed by atoms with Crippen molar-refractivity contribution in [3.05, 3.63) is 29.6 Å². The summed E-state index contributed by atoms with van der Waals surface area (Å²) >= 11 is 0. The van der Waals surface area contributed by atoms with Gasteiger partial charge in [0.25, 0.3) is 0 Å². The summed E-state index contributed by atoms with van der Waals surface area (Å²) in [6.07, 6.45) is -4.47. The number of amidine groups is 1. The van der Waals surface area contributed by atoms with Gasteiger partial charge in [-0.3, -0.25) is 0 Å². The number of rotatable bonds is 5. The van der Waals surface area contributed by atoms with Crippen molar-refractivity contribution in [1.82, 2.24) is 0 Å². The summed E-state index contributed by atoms with van der Waals surface area (Å²) in [5, 5.41) is 11.0. The number of oxime groups is 1. The molecule has 9 heteroatoms. The van der Waals surface area contributed by atoms with Crippen LogP contribution < -0.4 is 10.5 Å². The highest BCUT2D eigenvalue weighted by atomic mass is 19.4. The number of nitrogens with two attached hydrogens (primary N) is 1. The van der Waals surface area contributed by atoms with Gasteiger partial charge in [0.15, 0.2) is 24.2 Å². The molecule has 0 aliphatic carbocycles. The molecule has 0 unspecified atom stereocenters. The molecule has 0 saturated heterocycles. The molecular formula is C10H10F4N2O3. The Bertz CT molecular complexity index is 463. The molecule has 0 atom stereocenters. The first kappa shape index (κ1) is 15.0. The predicted molar refractivity (Wildman–Crippen MR) is 56.4 cm³/mol. The predicted octanol–water partition coefficient (Wildman–Crippen LogP) is 1.84. The number of hydrogen-bond donors (Lipinski definition) is 2. The molecule has 0 amide bonds. The molecule has 1 aromatic rings. The Labute approximate surface area is 105 Å². The van der Waals surface area contributed by atoms with E-state index < -0.39 is 25.4 Å². The van der Waals surface area contributed by atoms with E-state index in [0.29, 0.717) is 0 Å². The lowest BCUT2D eigenvalue weighted by Crippen LogP contribution is -2.19. The fourth-order valence-electron chi connectivity index (χ4n) is 1.10. The van der Waals surface area contributed by atoms with Crippen LogP contribution in [0.5, 0.6) is 5.75 Å². The molecule has 0 spiro atoms. The molecule has 19 heavy (non-hydrogen) atoms. The van der Waals surface area contributed by atoms with Crippen LogP contribution in [0.3, 0.4) is 0 Å². The maximum atomic E-state index is 13.4. The van der Waals surface area contributed by atoms with Gasteiger partial charge >= 0.3 is 6.18 Å². The van der Waals surface area contributed by atoms with Gasteiger partial charge in [-0.1, -0.05) is 5.16 Å². The van der Waals surface area contributed by atoms with Crippen LogP contribution in [0, 0.1) is 5.82 Å². The van der Waals surface area contributed by atoms with Gasteiger partial charge in [-0.15, -0.1) is 0 Å². The van der Waals surface area contributed by atoms with Crippen molar-refractivity contribution in [2.24, 2.45) is 10.9 Å². The number of alkyl halides is 3. The molecule has 0 aliphatic rings. The zero-order valence-electron chi connectivity index (χ0n) is 9.45. The van der Waals surface area contributed by atoms with E-state index in [2.05, 4.69) is 14.6 Å². The quantitative estimate of drug-likeness (QED) is 0.164. The average Bonchev–Trinajstić information content (AvgIpc) is 2.33. The van der Waals surface area contributed by atoms with Crippen LogP contribution in [-0.4, -0.2) is 30.6 Å². The Morgan fingerprint density at radius 1 is 1.37 bits per heavy atom. The van der Waals surface area contributed by atoms with Gasteiger partial charge < -0.3 is 20.4 Å². The second kappa shape index (κ2) is 6.23. The molecule has 0 heterocycles. The van der Waals surface area contributed by atoms with E-state index in [-0.39, 0.29) is 17.1 Å². The average molecular weight is 282 g/mol. The lowest BCUT2D eigenvalue weighted by atomic mass is 10.2. The number of hydrogen-bond acceptors (Lipinski definition) is 4. The molecule has 0 fully saturated rings. The van der Waals surface area contributed by atoms with Crippen molar-refractivity contribution in [3.8, 4) is 5.75 Å². The van der Waals surface area contributed by atoms with Crippen molar-refractivity contribution < 1.29 is 32.2 Å². The molecule has 0 bridgehead atoms. The second-order valence-electron chi connectivity index (χ2n) is 3.36. The molecule has 5 nitrogen and oxygen atoms in total. The Kier molecular flexibility index (Phi) is 4.93. The van der Waals surface area contributed by atoms with Gasteiger partial charge in [-0.25, -0.2) is 4.39 Å². The van der Waals surface area contributed by atoms with Crippen LogP contribution in [0.25, 0.3) is 0 Å². The van der Waals surface area contributed by atoms with Crippen LogP contribution >= 0.6 is 0 Å². The van der Waals surface area contributed by atoms with Crippen LogP contribution in [0.4, 0.5) is 17.6 Å². The van der Waals surface area contributed by atoms with Gasteiger partial charge in [0.05, 0.1) is 0 Å². The van der Waals surface area contributed by atoms with Crippen molar-refractivity contribution in [3.63, 3.8) is 0 Å². The first-order valence-electron chi connectivity index (χ1n) is 4.88. The summed E-state index contributed by atoms with van der Waals surface area (Å²) in [5.74, 6) is -1.49. The van der Waals surface area contributed by atoms with Crippen LogP contribution in [-0.2, 0) is 4.74 Å². The van der Waals surface area contributed by atoms with Crippen molar-refractivity contribution in [2.75, 3.05) is 13.4 Å². The lowest BCUT2D eigenvalue weighted by molar-refractivity contribution is -0.187. The highest BCUT2D eigenvalue weighted by Gasteiger charge is 2.27. The van der Waals surface area contributed by atoms with Crippen molar-refractivity contribution >= 4 is 5.84 Å². The molecule has 0 saturated carbocycles. The first-order valence-corrected chi connectivity index (χ1v) is 4.88. The Morgan fingerprint density at radius 2 is 2.05 bits per heavy atom. The lowest BCUT2D eigenvalue weighted by Gasteiger charge is -2.10. The molecular weight excluding hydrogens is 272 g/mol.